The second kappa shape index (κ2) is 31.5. The second-order valence-electron chi connectivity index (χ2n) is 18.2. The van der Waals surface area contributed by atoms with Crippen LogP contribution in [-0.4, -0.2) is 68.5 Å². The molecule has 0 atom stereocenters. The molecule has 0 unspecified atom stereocenters. The predicted molar refractivity (Wildman–Crippen MR) is 267 cm³/mol. The summed E-state index contributed by atoms with van der Waals surface area (Å²) in [5, 5.41) is 0. The van der Waals surface area contributed by atoms with Crippen LogP contribution in [-0.2, 0) is 38.2 Å². The van der Waals surface area contributed by atoms with Crippen LogP contribution in [0.2, 0.25) is 0 Å². The first-order valence-corrected chi connectivity index (χ1v) is 25.5. The lowest BCUT2D eigenvalue weighted by Gasteiger charge is -2.26. The molecule has 0 N–H and O–H groups in total. The molecule has 0 aliphatic heterocycles. The average molecular weight is 995 g/mol. The molecule has 0 aromatic heterocycles. The maximum absolute atomic E-state index is 13.2. The first-order valence-electron chi connectivity index (χ1n) is 25.5. The fourth-order valence-corrected chi connectivity index (χ4v) is 8.57. The fraction of sp³-hybridized carbons (Fsp3) is 0.491. The van der Waals surface area contributed by atoms with Crippen molar-refractivity contribution in [2.75, 3.05) is 26.4 Å². The molecular weight excluding hydrogens is 925 g/mol. The maximum Gasteiger partial charge on any atom is 0.330 e. The van der Waals surface area contributed by atoms with Crippen molar-refractivity contribution in [1.82, 2.24) is 0 Å². The highest BCUT2D eigenvalue weighted by Crippen LogP contribution is 2.35. The Bertz CT molecular complexity index is 2220. The number of hydrogen-bond acceptors (Lipinski definition) is 15. The largest absolute Gasteiger partial charge is 0.494 e. The number of carbonyl (C=O) groups is 7. The number of esters is 6. The molecule has 2 saturated carbocycles. The lowest BCUT2D eigenvalue weighted by atomic mass is 9.82. The van der Waals surface area contributed by atoms with E-state index in [4.69, 9.17) is 37.9 Å². The van der Waals surface area contributed by atoms with Crippen LogP contribution in [0.1, 0.15) is 139 Å². The molecule has 0 bridgehead atoms. The van der Waals surface area contributed by atoms with E-state index in [-0.39, 0.29) is 52.8 Å². The summed E-state index contributed by atoms with van der Waals surface area (Å²) < 4.78 is 44.2. The van der Waals surface area contributed by atoms with Crippen molar-refractivity contribution < 1.29 is 71.5 Å². The van der Waals surface area contributed by atoms with Crippen LogP contribution in [0.4, 0.5) is 0 Å². The summed E-state index contributed by atoms with van der Waals surface area (Å²) in [7, 11) is 0. The number of ether oxygens (including phenoxy) is 8. The van der Waals surface area contributed by atoms with Gasteiger partial charge in [0.15, 0.2) is 6.29 Å². The summed E-state index contributed by atoms with van der Waals surface area (Å²) in [5.74, 6) is -1.76. The van der Waals surface area contributed by atoms with Crippen LogP contribution in [0.3, 0.4) is 0 Å². The zero-order chi connectivity index (χ0) is 51.3. The van der Waals surface area contributed by atoms with E-state index < -0.39 is 23.8 Å². The number of hydrogen-bond donors (Lipinski definition) is 0. The molecule has 388 valence electrons. The fourth-order valence-electron chi connectivity index (χ4n) is 8.57. The van der Waals surface area contributed by atoms with E-state index in [0.717, 1.165) is 77.0 Å². The minimum atomic E-state index is -0.510. The molecule has 15 nitrogen and oxygen atoms in total. The number of rotatable bonds is 31. The van der Waals surface area contributed by atoms with Gasteiger partial charge in [-0.2, -0.15) is 0 Å². The third-order valence-corrected chi connectivity index (χ3v) is 12.8. The third-order valence-electron chi connectivity index (χ3n) is 12.8. The van der Waals surface area contributed by atoms with Crippen molar-refractivity contribution in [3.05, 3.63) is 97.6 Å². The van der Waals surface area contributed by atoms with Crippen molar-refractivity contribution >= 4 is 42.1 Å². The zero-order valence-electron chi connectivity index (χ0n) is 41.4. The van der Waals surface area contributed by atoms with Crippen molar-refractivity contribution in [3.8, 4) is 34.5 Å². The van der Waals surface area contributed by atoms with Crippen LogP contribution in [0.5, 0.6) is 34.5 Å². The standard InChI is InChI=1S/C57H70O15/c1-3-52(59)67-37-15-11-7-5-9-13-35-65-46-25-29-48(30-26-46)69-54(61)41-17-19-43(20-18-41)56(63)71-50-33-34-51(45(39-50)40-58)72-57(64)44-23-21-42(22-24-44)55(62)70-49-31-27-47(28-32-49)66-36-14-10-6-8-12-16-38-68-53(60)4-2/h3-4,25-34,39-44H,1-2,5-24,35-38H2. The van der Waals surface area contributed by atoms with Crippen LogP contribution >= 0.6 is 0 Å². The minimum absolute atomic E-state index is 0.0453. The lowest BCUT2D eigenvalue weighted by molar-refractivity contribution is -0.145. The van der Waals surface area contributed by atoms with E-state index in [9.17, 15) is 33.6 Å². The zero-order valence-corrected chi connectivity index (χ0v) is 41.4. The monoisotopic (exact) mass is 994 g/mol. The molecule has 3 aromatic rings. The third kappa shape index (κ3) is 20.2. The van der Waals surface area contributed by atoms with Gasteiger partial charge in [0.1, 0.15) is 34.5 Å². The van der Waals surface area contributed by atoms with Gasteiger partial charge in [0.05, 0.1) is 55.7 Å². The van der Waals surface area contributed by atoms with Crippen molar-refractivity contribution in [2.24, 2.45) is 23.7 Å². The Morgan fingerprint density at radius 3 is 1.07 bits per heavy atom. The van der Waals surface area contributed by atoms with Gasteiger partial charge in [-0.3, -0.25) is 24.0 Å². The molecule has 3 aromatic carbocycles. The Morgan fingerprint density at radius 2 is 0.708 bits per heavy atom. The summed E-state index contributed by atoms with van der Waals surface area (Å²) in [6.45, 7) is 8.75. The van der Waals surface area contributed by atoms with E-state index in [1.165, 1.54) is 30.4 Å². The first kappa shape index (κ1) is 56.1. The number of benzene rings is 3. The highest BCUT2D eigenvalue weighted by molar-refractivity contribution is 5.85. The topological polar surface area (TPSA) is 193 Å². The smallest absolute Gasteiger partial charge is 0.330 e. The predicted octanol–water partition coefficient (Wildman–Crippen LogP) is 11.0. The summed E-state index contributed by atoms with van der Waals surface area (Å²) in [6, 6.07) is 18.1. The quantitative estimate of drug-likeness (QED) is 0.0194. The molecule has 72 heavy (non-hydrogen) atoms. The van der Waals surface area contributed by atoms with E-state index >= 15 is 0 Å². The molecule has 0 radical (unpaired) electrons. The van der Waals surface area contributed by atoms with Crippen molar-refractivity contribution in [1.29, 1.82) is 0 Å². The molecule has 2 aliphatic rings. The second-order valence-corrected chi connectivity index (χ2v) is 18.2. The van der Waals surface area contributed by atoms with Crippen molar-refractivity contribution in [3.63, 3.8) is 0 Å². The highest BCUT2D eigenvalue weighted by Gasteiger charge is 2.34. The van der Waals surface area contributed by atoms with Crippen LogP contribution in [0, 0.1) is 23.7 Å². The Morgan fingerprint density at radius 1 is 0.403 bits per heavy atom. The molecule has 15 heteroatoms. The van der Waals surface area contributed by atoms with Gasteiger partial charge < -0.3 is 37.9 Å². The number of carbonyl (C=O) groups excluding carboxylic acids is 7. The van der Waals surface area contributed by atoms with E-state index in [1.54, 1.807) is 48.5 Å². The minimum Gasteiger partial charge on any atom is -0.494 e. The Hall–Kier alpha value is -6.77. The van der Waals surface area contributed by atoms with E-state index in [1.807, 2.05) is 0 Å². The number of unbranched alkanes of at least 4 members (excludes halogenated alkanes) is 10. The van der Waals surface area contributed by atoms with Crippen LogP contribution in [0.25, 0.3) is 0 Å². The summed E-state index contributed by atoms with van der Waals surface area (Å²) in [4.78, 5) is 86.5. The average Bonchev–Trinajstić information content (AvgIpc) is 3.40. The normalized spacial score (nSPS) is 17.3. The summed E-state index contributed by atoms with van der Waals surface area (Å²) in [6.07, 6.45) is 18.2. The molecule has 2 aliphatic carbocycles. The van der Waals surface area contributed by atoms with Gasteiger partial charge in [0.2, 0.25) is 0 Å². The Kier molecular flexibility index (Phi) is 24.6. The van der Waals surface area contributed by atoms with Crippen LogP contribution in [0.15, 0.2) is 92.0 Å². The lowest BCUT2D eigenvalue weighted by Crippen LogP contribution is -2.30. The van der Waals surface area contributed by atoms with Crippen LogP contribution < -0.4 is 28.4 Å². The maximum atomic E-state index is 13.2. The molecule has 0 spiro atoms. The molecule has 0 saturated heterocycles. The molecule has 5 rings (SSSR count). The Balaban J connectivity index is 0.924. The van der Waals surface area contributed by atoms with Gasteiger partial charge in [0.25, 0.3) is 0 Å². The highest BCUT2D eigenvalue weighted by atomic mass is 16.6. The van der Waals surface area contributed by atoms with Gasteiger partial charge >= 0.3 is 35.8 Å². The molecular formula is C57H70O15. The summed E-state index contributed by atoms with van der Waals surface area (Å²) in [5.41, 5.74) is 0.0488. The number of aldehydes is 1. The van der Waals surface area contributed by atoms with Gasteiger partial charge in [-0.05, 0) is 144 Å². The Labute approximate surface area is 422 Å². The first-order chi connectivity index (χ1) is 35.0. The van der Waals surface area contributed by atoms with Gasteiger partial charge in [0, 0.05) is 12.2 Å². The summed E-state index contributed by atoms with van der Waals surface area (Å²) >= 11 is 0. The SMILES string of the molecule is C=CC(=O)OCCCCCCCCOc1ccc(OC(=O)C2CCC(C(=O)Oc3ccc(OC(=O)C4CCC(C(=O)Oc5ccc(OCCCCCCCCOC(=O)C=C)cc5)CC4)c(C=O)c3)CC2)cc1. The van der Waals surface area contributed by atoms with Gasteiger partial charge in [-0.25, -0.2) is 9.59 Å². The molecule has 0 heterocycles. The van der Waals surface area contributed by atoms with E-state index in [2.05, 4.69) is 13.2 Å². The van der Waals surface area contributed by atoms with Gasteiger partial charge in [-0.1, -0.05) is 64.5 Å². The molecule has 2 fully saturated rings. The van der Waals surface area contributed by atoms with Gasteiger partial charge in [-0.15, -0.1) is 0 Å². The van der Waals surface area contributed by atoms with E-state index in [0.29, 0.717) is 107 Å². The molecule has 0 amide bonds. The van der Waals surface area contributed by atoms with Crippen molar-refractivity contribution in [2.45, 2.75) is 128 Å².